The first-order chi connectivity index (χ1) is 10.9. The highest BCUT2D eigenvalue weighted by molar-refractivity contribution is 5.67. The van der Waals surface area contributed by atoms with E-state index in [4.69, 9.17) is 4.74 Å². The first-order valence-electron chi connectivity index (χ1n) is 9.58. The maximum atomic E-state index is 11.5. The van der Waals surface area contributed by atoms with Gasteiger partial charge in [-0.1, -0.05) is 6.42 Å². The Morgan fingerprint density at radius 3 is 2.35 bits per heavy atom. The molecule has 132 valence electrons. The lowest BCUT2D eigenvalue weighted by Gasteiger charge is -2.34. The lowest BCUT2D eigenvalue weighted by molar-refractivity contribution is 0.0527. The van der Waals surface area contributed by atoms with Crippen LogP contribution in [-0.2, 0) is 4.74 Å². The summed E-state index contributed by atoms with van der Waals surface area (Å²) in [6.45, 7) is 7.53. The van der Waals surface area contributed by atoms with Crippen LogP contribution in [-0.4, -0.2) is 30.3 Å². The van der Waals surface area contributed by atoms with Crippen molar-refractivity contribution in [1.29, 1.82) is 0 Å². The number of carbonyl (C=O) groups excluding carboxylic acids is 1. The van der Waals surface area contributed by atoms with Crippen LogP contribution in [0.1, 0.15) is 72.1 Å². The summed E-state index contributed by atoms with van der Waals surface area (Å²) in [4.78, 5) is 11.5. The van der Waals surface area contributed by atoms with E-state index in [0.717, 1.165) is 37.1 Å². The van der Waals surface area contributed by atoms with E-state index < -0.39 is 5.60 Å². The van der Waals surface area contributed by atoms with Gasteiger partial charge in [-0.05, 0) is 90.0 Å². The Kier molecular flexibility index (Phi) is 4.91. The van der Waals surface area contributed by atoms with Gasteiger partial charge >= 0.3 is 6.09 Å². The second kappa shape index (κ2) is 6.62. The van der Waals surface area contributed by atoms with Crippen molar-refractivity contribution in [1.82, 2.24) is 10.6 Å². The highest BCUT2D eigenvalue weighted by Crippen LogP contribution is 2.60. The molecule has 0 aliphatic heterocycles. The summed E-state index contributed by atoms with van der Waals surface area (Å²) in [5.41, 5.74) is 0.107. The van der Waals surface area contributed by atoms with Crippen LogP contribution in [0.25, 0.3) is 0 Å². The van der Waals surface area contributed by atoms with Crippen molar-refractivity contribution < 1.29 is 9.53 Å². The molecule has 0 spiro atoms. The van der Waals surface area contributed by atoms with Crippen LogP contribution in [0, 0.1) is 17.8 Å². The molecular weight excluding hydrogens is 288 g/mol. The van der Waals surface area contributed by atoms with Crippen molar-refractivity contribution in [3.8, 4) is 0 Å². The van der Waals surface area contributed by atoms with Crippen LogP contribution in [0.3, 0.4) is 0 Å². The molecule has 0 heterocycles. The van der Waals surface area contributed by atoms with E-state index in [9.17, 15) is 4.79 Å². The van der Waals surface area contributed by atoms with Gasteiger partial charge in [0.25, 0.3) is 0 Å². The van der Waals surface area contributed by atoms with Gasteiger partial charge in [0.05, 0.1) is 0 Å². The molecule has 4 aliphatic rings. The van der Waals surface area contributed by atoms with Gasteiger partial charge in [0.2, 0.25) is 0 Å². The molecular formula is C19H34N2O2. The van der Waals surface area contributed by atoms with Gasteiger partial charge < -0.3 is 15.4 Å². The fraction of sp³-hybridized carbons (Fsp3) is 0.947. The highest BCUT2D eigenvalue weighted by atomic mass is 16.6. The monoisotopic (exact) mass is 322 g/mol. The summed E-state index contributed by atoms with van der Waals surface area (Å²) in [6.07, 6.45) is 10.5. The van der Waals surface area contributed by atoms with Gasteiger partial charge in [-0.3, -0.25) is 0 Å². The van der Waals surface area contributed by atoms with Crippen LogP contribution in [0.5, 0.6) is 0 Å². The molecule has 0 aromatic heterocycles. The largest absolute Gasteiger partial charge is 0.444 e. The Hall–Kier alpha value is -0.770. The molecule has 0 aromatic rings. The van der Waals surface area contributed by atoms with Crippen molar-refractivity contribution in [2.45, 2.75) is 83.3 Å². The average molecular weight is 322 g/mol. The van der Waals surface area contributed by atoms with Gasteiger partial charge in [-0.2, -0.15) is 0 Å². The quantitative estimate of drug-likeness (QED) is 0.700. The third-order valence-electron chi connectivity index (χ3n) is 5.99. The van der Waals surface area contributed by atoms with Crippen LogP contribution in [0.2, 0.25) is 0 Å². The van der Waals surface area contributed by atoms with Crippen molar-refractivity contribution in [3.63, 3.8) is 0 Å². The molecule has 4 saturated carbocycles. The van der Waals surface area contributed by atoms with E-state index in [1.165, 1.54) is 38.5 Å². The minimum atomic E-state index is -0.410. The molecule has 4 fully saturated rings. The van der Waals surface area contributed by atoms with Crippen LogP contribution in [0.15, 0.2) is 0 Å². The predicted molar refractivity (Wildman–Crippen MR) is 92.4 cm³/mol. The van der Waals surface area contributed by atoms with Crippen molar-refractivity contribution in [2.75, 3.05) is 13.1 Å². The zero-order chi connectivity index (χ0) is 16.5. The zero-order valence-electron chi connectivity index (χ0n) is 15.1. The molecule has 4 nitrogen and oxygen atoms in total. The Bertz CT molecular complexity index is 416. The molecule has 2 atom stereocenters. The van der Waals surface area contributed by atoms with Crippen LogP contribution >= 0.6 is 0 Å². The molecule has 4 bridgehead atoms. The van der Waals surface area contributed by atoms with Crippen molar-refractivity contribution >= 4 is 6.09 Å². The van der Waals surface area contributed by atoms with E-state index in [1.807, 2.05) is 20.8 Å². The number of alkyl carbamates (subject to hydrolysis) is 1. The first kappa shape index (κ1) is 17.1. The standard InChI is InChI=1S/C19H34N2O2/c1-18(2,3)23-17(22)20-7-5-4-6-8-21-19-12-14-9-15(13-19)11-16(19)10-14/h14-16,21H,4-13H2,1-3H3,(H,20,22). The summed E-state index contributed by atoms with van der Waals surface area (Å²) >= 11 is 0. The normalized spacial score (nSPS) is 34.8. The number of carbonyl (C=O) groups is 1. The highest BCUT2D eigenvalue weighted by Gasteiger charge is 2.57. The van der Waals surface area contributed by atoms with Gasteiger partial charge in [0.1, 0.15) is 5.60 Å². The number of unbranched alkanes of at least 4 members (excludes halogenated alkanes) is 2. The molecule has 0 radical (unpaired) electrons. The van der Waals surface area contributed by atoms with E-state index in [-0.39, 0.29) is 6.09 Å². The van der Waals surface area contributed by atoms with E-state index >= 15 is 0 Å². The molecule has 4 rings (SSSR count). The molecule has 0 saturated heterocycles. The second-order valence-electron chi connectivity index (χ2n) is 9.12. The number of nitrogens with one attached hydrogen (secondary N) is 2. The smallest absolute Gasteiger partial charge is 0.407 e. The molecule has 2 unspecified atom stereocenters. The number of hydrogen-bond donors (Lipinski definition) is 2. The Morgan fingerprint density at radius 1 is 1.04 bits per heavy atom. The molecule has 4 heteroatoms. The summed E-state index contributed by atoms with van der Waals surface area (Å²) in [5.74, 6) is 3.02. The molecule has 0 aromatic carbocycles. The minimum absolute atomic E-state index is 0.298. The zero-order valence-corrected chi connectivity index (χ0v) is 15.1. The lowest BCUT2D eigenvalue weighted by atomic mass is 9.80. The van der Waals surface area contributed by atoms with Gasteiger partial charge in [0.15, 0.2) is 0 Å². The first-order valence-corrected chi connectivity index (χ1v) is 9.58. The number of amides is 1. The third-order valence-corrected chi connectivity index (χ3v) is 5.99. The van der Waals surface area contributed by atoms with Crippen LogP contribution < -0.4 is 10.6 Å². The Balaban J connectivity index is 1.24. The van der Waals surface area contributed by atoms with Crippen molar-refractivity contribution in [3.05, 3.63) is 0 Å². The fourth-order valence-electron chi connectivity index (χ4n) is 5.35. The van der Waals surface area contributed by atoms with Crippen molar-refractivity contribution in [2.24, 2.45) is 17.8 Å². The lowest BCUT2D eigenvalue weighted by Crippen LogP contribution is -2.46. The van der Waals surface area contributed by atoms with Gasteiger partial charge in [-0.15, -0.1) is 0 Å². The van der Waals surface area contributed by atoms with E-state index in [1.54, 1.807) is 0 Å². The summed E-state index contributed by atoms with van der Waals surface area (Å²) in [6, 6.07) is 0. The minimum Gasteiger partial charge on any atom is -0.444 e. The maximum absolute atomic E-state index is 11.5. The summed E-state index contributed by atoms with van der Waals surface area (Å²) in [5, 5.41) is 6.77. The number of ether oxygens (including phenoxy) is 1. The number of hydrogen-bond acceptors (Lipinski definition) is 3. The number of rotatable bonds is 7. The SMILES string of the molecule is CC(C)(C)OC(=O)NCCCCCNC12CC3CC(CC1C3)C2. The van der Waals surface area contributed by atoms with Gasteiger partial charge in [-0.25, -0.2) is 4.79 Å². The summed E-state index contributed by atoms with van der Waals surface area (Å²) < 4.78 is 5.23. The molecule has 23 heavy (non-hydrogen) atoms. The maximum Gasteiger partial charge on any atom is 0.407 e. The molecule has 4 aliphatic carbocycles. The predicted octanol–water partition coefficient (Wildman–Crippen LogP) is 3.85. The third kappa shape index (κ3) is 4.20. The molecule has 1 amide bonds. The Labute approximate surface area is 141 Å². The fourth-order valence-corrected chi connectivity index (χ4v) is 5.35. The summed E-state index contributed by atoms with van der Waals surface area (Å²) in [7, 11) is 0. The van der Waals surface area contributed by atoms with Crippen LogP contribution in [0.4, 0.5) is 4.79 Å². The average Bonchev–Trinajstić information content (AvgIpc) is 2.80. The Morgan fingerprint density at radius 2 is 1.70 bits per heavy atom. The van der Waals surface area contributed by atoms with E-state index in [2.05, 4.69) is 10.6 Å². The van der Waals surface area contributed by atoms with E-state index in [0.29, 0.717) is 12.1 Å². The topological polar surface area (TPSA) is 50.4 Å². The second-order valence-corrected chi connectivity index (χ2v) is 9.12. The molecule has 2 N–H and O–H groups in total. The van der Waals surface area contributed by atoms with Gasteiger partial charge in [0, 0.05) is 12.1 Å².